The number of carbonyl (C=O) groups is 1. The predicted molar refractivity (Wildman–Crippen MR) is 99.1 cm³/mol. The minimum atomic E-state index is 0.0735. The molecule has 6 heteroatoms. The van der Waals surface area contributed by atoms with Gasteiger partial charge in [-0.25, -0.2) is 4.79 Å². The molecule has 0 saturated carbocycles. The van der Waals surface area contributed by atoms with Crippen LogP contribution in [0.15, 0.2) is 12.1 Å². The molecule has 0 aromatic carbocycles. The van der Waals surface area contributed by atoms with Crippen LogP contribution in [-0.4, -0.2) is 61.9 Å². The lowest BCUT2D eigenvalue weighted by molar-refractivity contribution is 0.183. The highest BCUT2D eigenvalue weighted by atomic mass is 16.5. The van der Waals surface area contributed by atoms with Crippen LogP contribution in [-0.2, 0) is 4.74 Å². The molecule has 0 radical (unpaired) electrons. The third-order valence-corrected chi connectivity index (χ3v) is 5.09. The molecule has 0 spiro atoms. The summed E-state index contributed by atoms with van der Waals surface area (Å²) < 4.78 is 5.39. The Morgan fingerprint density at radius 2 is 1.96 bits per heavy atom. The van der Waals surface area contributed by atoms with Gasteiger partial charge >= 0.3 is 6.03 Å². The minimum absolute atomic E-state index is 0.0735. The van der Waals surface area contributed by atoms with Crippen molar-refractivity contribution in [1.82, 2.24) is 15.2 Å². The lowest BCUT2D eigenvalue weighted by atomic mass is 10.0. The zero-order valence-electron chi connectivity index (χ0n) is 15.5. The van der Waals surface area contributed by atoms with E-state index in [1.807, 2.05) is 18.7 Å². The van der Waals surface area contributed by atoms with E-state index in [9.17, 15) is 4.79 Å². The van der Waals surface area contributed by atoms with E-state index in [0.717, 1.165) is 70.2 Å². The summed E-state index contributed by atoms with van der Waals surface area (Å²) in [6.07, 6.45) is 3.36. The summed E-state index contributed by atoms with van der Waals surface area (Å²) in [4.78, 5) is 21.0. The maximum absolute atomic E-state index is 12.3. The highest BCUT2D eigenvalue weighted by Gasteiger charge is 2.21. The van der Waals surface area contributed by atoms with Gasteiger partial charge in [-0.2, -0.15) is 0 Å². The molecule has 3 rings (SSSR count). The van der Waals surface area contributed by atoms with Crippen LogP contribution in [0.25, 0.3) is 0 Å². The topological polar surface area (TPSA) is 57.7 Å². The van der Waals surface area contributed by atoms with Gasteiger partial charge < -0.3 is 19.9 Å². The first-order chi connectivity index (χ1) is 12.1. The van der Waals surface area contributed by atoms with Crippen LogP contribution in [0.3, 0.4) is 0 Å². The number of aryl methyl sites for hydroxylation is 2. The highest BCUT2D eigenvalue weighted by Crippen LogP contribution is 2.19. The molecule has 2 aliphatic heterocycles. The van der Waals surface area contributed by atoms with Crippen molar-refractivity contribution in [3.05, 3.63) is 23.5 Å². The van der Waals surface area contributed by atoms with Crippen molar-refractivity contribution in [3.63, 3.8) is 0 Å². The van der Waals surface area contributed by atoms with Gasteiger partial charge in [0.05, 0.1) is 0 Å². The van der Waals surface area contributed by atoms with E-state index >= 15 is 0 Å². The standard InChI is InChI=1S/C19H30N4O2/c1-15-12-18(13-16(2)21-15)22-7-9-23(10-8-22)19(24)20-6-3-4-17-5-11-25-14-17/h12-13,17H,3-11,14H2,1-2H3,(H,20,24)/t17-/m1/s1. The minimum Gasteiger partial charge on any atom is -0.381 e. The first-order valence-corrected chi connectivity index (χ1v) is 9.42. The van der Waals surface area contributed by atoms with Gasteiger partial charge in [0.1, 0.15) is 0 Å². The number of ether oxygens (including phenoxy) is 1. The summed E-state index contributed by atoms with van der Waals surface area (Å²) in [5.74, 6) is 0.688. The molecule has 1 atom stereocenters. The normalized spacial score (nSPS) is 20.8. The van der Waals surface area contributed by atoms with Crippen molar-refractivity contribution in [1.29, 1.82) is 0 Å². The van der Waals surface area contributed by atoms with E-state index < -0.39 is 0 Å². The number of nitrogens with one attached hydrogen (secondary N) is 1. The van der Waals surface area contributed by atoms with Crippen LogP contribution in [0.2, 0.25) is 0 Å². The fourth-order valence-corrected chi connectivity index (χ4v) is 3.67. The van der Waals surface area contributed by atoms with E-state index in [4.69, 9.17) is 4.74 Å². The number of amides is 2. The molecule has 25 heavy (non-hydrogen) atoms. The predicted octanol–water partition coefficient (Wildman–Crippen LogP) is 2.35. The monoisotopic (exact) mass is 346 g/mol. The Morgan fingerprint density at radius 3 is 2.60 bits per heavy atom. The Hall–Kier alpha value is -1.82. The quantitative estimate of drug-likeness (QED) is 0.832. The van der Waals surface area contributed by atoms with E-state index in [1.165, 1.54) is 12.1 Å². The van der Waals surface area contributed by atoms with Gasteiger partial charge in [-0.15, -0.1) is 0 Å². The van der Waals surface area contributed by atoms with E-state index in [2.05, 4.69) is 27.3 Å². The average molecular weight is 346 g/mol. The number of rotatable bonds is 5. The second-order valence-corrected chi connectivity index (χ2v) is 7.19. The Balaban J connectivity index is 1.38. The molecule has 2 aliphatic rings. The smallest absolute Gasteiger partial charge is 0.317 e. The Bertz CT molecular complexity index is 559. The maximum atomic E-state index is 12.3. The van der Waals surface area contributed by atoms with E-state index in [1.54, 1.807) is 0 Å². The van der Waals surface area contributed by atoms with Crippen molar-refractivity contribution in [2.75, 3.05) is 50.8 Å². The van der Waals surface area contributed by atoms with Gasteiger partial charge in [0.25, 0.3) is 0 Å². The third kappa shape index (κ3) is 5.08. The number of hydrogen-bond acceptors (Lipinski definition) is 4. The van der Waals surface area contributed by atoms with Crippen molar-refractivity contribution < 1.29 is 9.53 Å². The SMILES string of the molecule is Cc1cc(N2CCN(C(=O)NCCC[C@@H]3CCOC3)CC2)cc(C)n1. The van der Waals surface area contributed by atoms with Gasteiger partial charge in [0, 0.05) is 63.0 Å². The van der Waals surface area contributed by atoms with Crippen molar-refractivity contribution >= 4 is 11.7 Å². The first-order valence-electron chi connectivity index (χ1n) is 9.42. The van der Waals surface area contributed by atoms with E-state index in [0.29, 0.717) is 5.92 Å². The lowest BCUT2D eigenvalue weighted by Gasteiger charge is -2.36. The van der Waals surface area contributed by atoms with Gasteiger partial charge in [-0.3, -0.25) is 4.98 Å². The fourth-order valence-electron chi connectivity index (χ4n) is 3.67. The summed E-state index contributed by atoms with van der Waals surface area (Å²) in [5, 5.41) is 3.07. The van der Waals surface area contributed by atoms with Crippen LogP contribution in [0.1, 0.15) is 30.7 Å². The Labute approximate surface area is 150 Å². The van der Waals surface area contributed by atoms with Crippen LogP contribution in [0.5, 0.6) is 0 Å². The second kappa shape index (κ2) is 8.52. The second-order valence-electron chi connectivity index (χ2n) is 7.19. The van der Waals surface area contributed by atoms with Crippen LogP contribution < -0.4 is 10.2 Å². The van der Waals surface area contributed by atoms with Crippen molar-refractivity contribution in [2.24, 2.45) is 5.92 Å². The maximum Gasteiger partial charge on any atom is 0.317 e. The summed E-state index contributed by atoms with van der Waals surface area (Å²) in [6.45, 7) is 9.88. The molecule has 138 valence electrons. The number of nitrogens with zero attached hydrogens (tertiary/aromatic N) is 3. The number of urea groups is 1. The molecular formula is C19H30N4O2. The summed E-state index contributed by atoms with van der Waals surface area (Å²) in [6, 6.07) is 4.31. The molecular weight excluding hydrogens is 316 g/mol. The third-order valence-electron chi connectivity index (χ3n) is 5.09. The molecule has 1 N–H and O–H groups in total. The zero-order chi connectivity index (χ0) is 17.6. The average Bonchev–Trinajstić information content (AvgIpc) is 3.11. The van der Waals surface area contributed by atoms with Crippen LogP contribution in [0.4, 0.5) is 10.5 Å². The first kappa shape index (κ1) is 18.0. The van der Waals surface area contributed by atoms with Crippen molar-refractivity contribution in [2.45, 2.75) is 33.1 Å². The molecule has 2 saturated heterocycles. The lowest BCUT2D eigenvalue weighted by Crippen LogP contribution is -2.52. The van der Waals surface area contributed by atoms with Gasteiger partial charge in [0.15, 0.2) is 0 Å². The van der Waals surface area contributed by atoms with Crippen molar-refractivity contribution in [3.8, 4) is 0 Å². The molecule has 0 bridgehead atoms. The highest BCUT2D eigenvalue weighted by molar-refractivity contribution is 5.74. The van der Waals surface area contributed by atoms with Crippen LogP contribution >= 0.6 is 0 Å². The number of hydrogen-bond donors (Lipinski definition) is 1. The summed E-state index contributed by atoms with van der Waals surface area (Å²) >= 11 is 0. The Kier molecular flexibility index (Phi) is 6.13. The molecule has 0 unspecified atom stereocenters. The fraction of sp³-hybridized carbons (Fsp3) is 0.684. The molecule has 1 aromatic heterocycles. The van der Waals surface area contributed by atoms with E-state index in [-0.39, 0.29) is 6.03 Å². The molecule has 0 aliphatic carbocycles. The molecule has 2 fully saturated rings. The Morgan fingerprint density at radius 1 is 1.24 bits per heavy atom. The number of pyridine rings is 1. The van der Waals surface area contributed by atoms with Gasteiger partial charge in [0.2, 0.25) is 0 Å². The number of carbonyl (C=O) groups excluding carboxylic acids is 1. The summed E-state index contributed by atoms with van der Waals surface area (Å²) in [5.41, 5.74) is 3.30. The molecule has 6 nitrogen and oxygen atoms in total. The molecule has 3 heterocycles. The van der Waals surface area contributed by atoms with Gasteiger partial charge in [-0.05, 0) is 51.2 Å². The number of piperazine rings is 1. The number of aromatic nitrogens is 1. The molecule has 2 amide bonds. The van der Waals surface area contributed by atoms with Crippen LogP contribution in [0, 0.1) is 19.8 Å². The zero-order valence-corrected chi connectivity index (χ0v) is 15.5. The summed E-state index contributed by atoms with van der Waals surface area (Å²) in [7, 11) is 0. The van der Waals surface area contributed by atoms with Gasteiger partial charge in [-0.1, -0.05) is 0 Å². The number of anilines is 1. The molecule has 1 aromatic rings. The largest absolute Gasteiger partial charge is 0.381 e.